The number of hydrogen-bond donors (Lipinski definition) is 2. The Balaban J connectivity index is 1.87. The van der Waals surface area contributed by atoms with Crippen LogP contribution in [0, 0.1) is 0 Å². The normalized spacial score (nSPS) is 10.9. The van der Waals surface area contributed by atoms with E-state index in [-0.39, 0.29) is 5.91 Å². The highest BCUT2D eigenvalue weighted by Crippen LogP contribution is 2.36. The Bertz CT molecular complexity index is 605. The van der Waals surface area contributed by atoms with Crippen LogP contribution in [0.1, 0.15) is 73.5 Å². The maximum atomic E-state index is 11.8. The minimum absolute atomic E-state index is 0.194. The minimum Gasteiger partial charge on any atom is -0.289 e. The molecular weight excluding hydrogens is 336 g/mol. The highest BCUT2D eigenvalue weighted by Gasteiger charge is 2.15. The Morgan fingerprint density at radius 3 is 2.46 bits per heavy atom. The van der Waals surface area contributed by atoms with E-state index in [2.05, 4.69) is 29.9 Å². The average Bonchev–Trinajstić information content (AvgIpc) is 3.25. The zero-order chi connectivity index (χ0) is 17.2. The van der Waals surface area contributed by atoms with E-state index in [0.29, 0.717) is 4.88 Å². The van der Waals surface area contributed by atoms with Crippen LogP contribution in [0.25, 0.3) is 9.75 Å². The number of hydrogen-bond acceptors (Lipinski definition) is 4. The number of nitrogens with one attached hydrogen (secondary N) is 1. The van der Waals surface area contributed by atoms with E-state index in [9.17, 15) is 4.79 Å². The molecular formula is C19H28N2OS2. The molecule has 0 atom stereocenters. The molecule has 5 heteroatoms. The molecule has 0 spiro atoms. The second-order valence-corrected chi connectivity index (χ2v) is 8.14. The first-order chi connectivity index (χ1) is 11.8. The molecule has 1 amide bonds. The van der Waals surface area contributed by atoms with E-state index in [1.54, 1.807) is 22.7 Å². The number of carbonyl (C=O) groups excluding carboxylic acids is 1. The number of carbonyl (C=O) groups is 1. The summed E-state index contributed by atoms with van der Waals surface area (Å²) in [6, 6.07) is 6.20. The van der Waals surface area contributed by atoms with Crippen molar-refractivity contribution < 1.29 is 4.79 Å². The fourth-order valence-electron chi connectivity index (χ4n) is 2.86. The van der Waals surface area contributed by atoms with Gasteiger partial charge in [-0.1, -0.05) is 57.9 Å². The number of rotatable bonds is 11. The molecule has 0 radical (unpaired) electrons. The van der Waals surface area contributed by atoms with Gasteiger partial charge in [-0.2, -0.15) is 0 Å². The summed E-state index contributed by atoms with van der Waals surface area (Å²) in [6.07, 6.45) is 11.6. The van der Waals surface area contributed by atoms with Crippen molar-refractivity contribution in [2.45, 2.75) is 64.7 Å². The first kappa shape index (κ1) is 19.2. The smallest absolute Gasteiger partial charge is 0.275 e. The Labute approximate surface area is 153 Å². The highest BCUT2D eigenvalue weighted by molar-refractivity contribution is 7.22. The average molecular weight is 365 g/mol. The molecule has 2 aromatic rings. The summed E-state index contributed by atoms with van der Waals surface area (Å²) in [5.41, 5.74) is 3.53. The molecule has 0 fully saturated rings. The molecule has 2 rings (SSSR count). The number of hydrazine groups is 1. The van der Waals surface area contributed by atoms with Crippen molar-refractivity contribution in [3.05, 3.63) is 34.0 Å². The lowest BCUT2D eigenvalue weighted by atomic mass is 10.0. The summed E-state index contributed by atoms with van der Waals surface area (Å²) in [4.78, 5) is 15.0. The van der Waals surface area contributed by atoms with Crippen molar-refractivity contribution >= 4 is 28.6 Å². The molecule has 0 saturated heterocycles. The Hall–Kier alpha value is -1.17. The quantitative estimate of drug-likeness (QED) is 0.230. The van der Waals surface area contributed by atoms with E-state index < -0.39 is 0 Å². The van der Waals surface area contributed by atoms with E-state index >= 15 is 0 Å². The maximum absolute atomic E-state index is 11.8. The van der Waals surface area contributed by atoms with Gasteiger partial charge in [0.15, 0.2) is 0 Å². The van der Waals surface area contributed by atoms with E-state index in [1.807, 2.05) is 6.07 Å². The second-order valence-electron chi connectivity index (χ2n) is 6.14. The van der Waals surface area contributed by atoms with Gasteiger partial charge in [-0.05, 0) is 35.9 Å². The summed E-state index contributed by atoms with van der Waals surface area (Å²) in [5.74, 6) is 5.09. The molecule has 0 aliphatic carbocycles. The van der Waals surface area contributed by atoms with Gasteiger partial charge in [0.2, 0.25) is 0 Å². The number of unbranched alkanes of at least 4 members (excludes halogenated alkanes) is 7. The van der Waals surface area contributed by atoms with Gasteiger partial charge in [0.25, 0.3) is 5.91 Å². The lowest BCUT2D eigenvalue weighted by Gasteiger charge is -2.03. The Kier molecular flexibility index (Phi) is 8.50. The van der Waals surface area contributed by atoms with Crippen LogP contribution >= 0.6 is 22.7 Å². The van der Waals surface area contributed by atoms with Crippen LogP contribution in [-0.2, 0) is 6.42 Å². The number of nitrogen functional groups attached to an aromatic ring is 1. The fourth-order valence-corrected chi connectivity index (χ4v) is 4.86. The molecule has 2 heterocycles. The van der Waals surface area contributed by atoms with Crippen molar-refractivity contribution in [2.75, 3.05) is 0 Å². The number of aryl methyl sites for hydroxylation is 1. The molecule has 2 aromatic heterocycles. The summed E-state index contributed by atoms with van der Waals surface area (Å²) in [5, 5.41) is 2.08. The van der Waals surface area contributed by atoms with Gasteiger partial charge in [-0.3, -0.25) is 10.2 Å². The van der Waals surface area contributed by atoms with Gasteiger partial charge in [0, 0.05) is 9.75 Å². The predicted molar refractivity (Wildman–Crippen MR) is 106 cm³/mol. The minimum atomic E-state index is -0.194. The van der Waals surface area contributed by atoms with Gasteiger partial charge >= 0.3 is 0 Å². The van der Waals surface area contributed by atoms with Crippen molar-refractivity contribution in [2.24, 2.45) is 5.84 Å². The molecule has 0 unspecified atom stereocenters. The van der Waals surface area contributed by atoms with Crippen molar-refractivity contribution in [1.29, 1.82) is 0 Å². The Morgan fingerprint density at radius 2 is 1.83 bits per heavy atom. The second kappa shape index (κ2) is 10.6. The lowest BCUT2D eigenvalue weighted by Crippen LogP contribution is -2.29. The molecule has 0 saturated carbocycles. The third kappa shape index (κ3) is 5.72. The van der Waals surface area contributed by atoms with Gasteiger partial charge in [0.1, 0.15) is 0 Å². The summed E-state index contributed by atoms with van der Waals surface area (Å²) < 4.78 is 0. The first-order valence-corrected chi connectivity index (χ1v) is 10.6. The number of nitrogens with two attached hydrogens (primary N) is 1. The Morgan fingerprint density at radius 1 is 1.12 bits per heavy atom. The van der Waals surface area contributed by atoms with Crippen LogP contribution < -0.4 is 11.3 Å². The largest absolute Gasteiger partial charge is 0.289 e. The van der Waals surface area contributed by atoms with Crippen molar-refractivity contribution in [3.8, 4) is 9.75 Å². The molecule has 0 aliphatic rings. The van der Waals surface area contributed by atoms with E-state index in [4.69, 9.17) is 5.84 Å². The molecule has 24 heavy (non-hydrogen) atoms. The van der Waals surface area contributed by atoms with Crippen LogP contribution in [-0.4, -0.2) is 5.91 Å². The lowest BCUT2D eigenvalue weighted by molar-refractivity contribution is 0.0957. The van der Waals surface area contributed by atoms with Gasteiger partial charge < -0.3 is 0 Å². The monoisotopic (exact) mass is 364 g/mol. The SMILES string of the molecule is CCCCCCCCCCc1cc(C(=O)NN)sc1-c1cccs1. The molecule has 0 aromatic carbocycles. The van der Waals surface area contributed by atoms with Crippen LogP contribution in [0.5, 0.6) is 0 Å². The zero-order valence-corrected chi connectivity index (χ0v) is 16.1. The fraction of sp³-hybridized carbons (Fsp3) is 0.526. The topological polar surface area (TPSA) is 55.1 Å². The van der Waals surface area contributed by atoms with E-state index in [1.165, 1.54) is 66.7 Å². The number of amides is 1. The van der Waals surface area contributed by atoms with E-state index in [0.717, 1.165) is 6.42 Å². The summed E-state index contributed by atoms with van der Waals surface area (Å²) in [7, 11) is 0. The first-order valence-electron chi connectivity index (χ1n) is 8.93. The predicted octanol–water partition coefficient (Wildman–Crippen LogP) is 5.76. The third-order valence-corrected chi connectivity index (χ3v) is 6.43. The molecule has 132 valence electrons. The molecule has 3 N–H and O–H groups in total. The summed E-state index contributed by atoms with van der Waals surface area (Å²) in [6.45, 7) is 2.26. The van der Waals surface area contributed by atoms with Gasteiger partial charge in [0.05, 0.1) is 4.88 Å². The van der Waals surface area contributed by atoms with Crippen LogP contribution in [0.2, 0.25) is 0 Å². The van der Waals surface area contributed by atoms with Crippen LogP contribution in [0.15, 0.2) is 23.6 Å². The molecule has 3 nitrogen and oxygen atoms in total. The van der Waals surface area contributed by atoms with Gasteiger partial charge in [-0.25, -0.2) is 5.84 Å². The van der Waals surface area contributed by atoms with Crippen LogP contribution in [0.3, 0.4) is 0 Å². The highest BCUT2D eigenvalue weighted by atomic mass is 32.1. The number of thiophene rings is 2. The summed E-state index contributed by atoms with van der Waals surface area (Å²) >= 11 is 3.27. The molecule has 0 aliphatic heterocycles. The maximum Gasteiger partial charge on any atom is 0.275 e. The van der Waals surface area contributed by atoms with Crippen molar-refractivity contribution in [1.82, 2.24) is 5.43 Å². The molecule has 0 bridgehead atoms. The third-order valence-electron chi connectivity index (χ3n) is 4.21. The standard InChI is InChI=1S/C19H28N2OS2/c1-2-3-4-5-6-7-8-9-11-15-14-17(19(22)21-20)24-18(15)16-12-10-13-23-16/h10,12-14H,2-9,11,20H2,1H3,(H,21,22). The van der Waals surface area contributed by atoms with Crippen LogP contribution in [0.4, 0.5) is 0 Å². The van der Waals surface area contributed by atoms with Gasteiger partial charge in [-0.15, -0.1) is 22.7 Å². The van der Waals surface area contributed by atoms with Crippen molar-refractivity contribution in [3.63, 3.8) is 0 Å². The zero-order valence-electron chi connectivity index (χ0n) is 14.5.